The van der Waals surface area contributed by atoms with E-state index >= 15 is 0 Å². The monoisotopic (exact) mass is 327 g/mol. The van der Waals surface area contributed by atoms with Gasteiger partial charge in [-0.2, -0.15) is 0 Å². The van der Waals surface area contributed by atoms with Crippen LogP contribution in [0.3, 0.4) is 0 Å². The molecule has 7 heteroatoms. The van der Waals surface area contributed by atoms with E-state index in [1.807, 2.05) is 4.90 Å². The highest BCUT2D eigenvalue weighted by Gasteiger charge is 2.17. The molecular formula is C12H11BrFN3O2. The maximum absolute atomic E-state index is 13.1. The Balaban J connectivity index is 1.70. The highest BCUT2D eigenvalue weighted by Crippen LogP contribution is 2.24. The van der Waals surface area contributed by atoms with Crippen molar-refractivity contribution in [2.24, 2.45) is 0 Å². The lowest BCUT2D eigenvalue weighted by Gasteiger charge is -2.22. The van der Waals surface area contributed by atoms with Gasteiger partial charge in [-0.1, -0.05) is 6.08 Å². The fraction of sp³-hybridized carbons (Fsp3) is 0.333. The molecular weight excluding hydrogens is 317 g/mol. The van der Waals surface area contributed by atoms with Crippen LogP contribution in [0.4, 0.5) is 4.39 Å². The lowest BCUT2D eigenvalue weighted by molar-refractivity contribution is 0.235. The number of furan rings is 1. The normalized spacial score (nSPS) is 16.6. The van der Waals surface area contributed by atoms with Crippen molar-refractivity contribution in [3.63, 3.8) is 0 Å². The molecule has 0 spiro atoms. The second kappa shape index (κ2) is 5.26. The average Bonchev–Trinajstić information content (AvgIpc) is 2.98. The van der Waals surface area contributed by atoms with Crippen LogP contribution in [0, 0.1) is 0 Å². The van der Waals surface area contributed by atoms with E-state index in [0.29, 0.717) is 41.7 Å². The van der Waals surface area contributed by atoms with Gasteiger partial charge in [0.15, 0.2) is 10.4 Å². The van der Waals surface area contributed by atoms with Crippen LogP contribution in [0.25, 0.3) is 11.7 Å². The molecule has 2 aromatic rings. The standard InChI is InChI=1S/C12H11BrFN3O2/c13-10-4-3-9(18-10)12-16-15-11(19-12)7-17-5-1-2-8(14)6-17/h2-4H,1,5-7H2. The fourth-order valence-electron chi connectivity index (χ4n) is 1.93. The summed E-state index contributed by atoms with van der Waals surface area (Å²) in [6, 6.07) is 3.49. The van der Waals surface area contributed by atoms with Crippen LogP contribution in [0.1, 0.15) is 12.3 Å². The molecule has 0 aliphatic carbocycles. The number of hydrogen-bond donors (Lipinski definition) is 0. The number of aromatic nitrogens is 2. The van der Waals surface area contributed by atoms with Gasteiger partial charge >= 0.3 is 0 Å². The minimum Gasteiger partial charge on any atom is -0.444 e. The zero-order valence-electron chi connectivity index (χ0n) is 9.97. The third-order valence-electron chi connectivity index (χ3n) is 2.80. The topological polar surface area (TPSA) is 55.3 Å². The van der Waals surface area contributed by atoms with Crippen LogP contribution >= 0.6 is 15.9 Å². The van der Waals surface area contributed by atoms with E-state index in [9.17, 15) is 4.39 Å². The number of halogens is 2. The summed E-state index contributed by atoms with van der Waals surface area (Å²) >= 11 is 3.21. The minimum atomic E-state index is -0.110. The molecule has 0 unspecified atom stereocenters. The highest BCUT2D eigenvalue weighted by molar-refractivity contribution is 9.10. The first-order valence-electron chi connectivity index (χ1n) is 5.86. The van der Waals surface area contributed by atoms with E-state index < -0.39 is 0 Å². The van der Waals surface area contributed by atoms with Crippen molar-refractivity contribution in [3.8, 4) is 11.7 Å². The molecule has 3 rings (SSSR count). The molecule has 5 nitrogen and oxygen atoms in total. The zero-order chi connectivity index (χ0) is 13.2. The first-order valence-corrected chi connectivity index (χ1v) is 6.65. The van der Waals surface area contributed by atoms with Gasteiger partial charge in [-0.15, -0.1) is 10.2 Å². The summed E-state index contributed by atoms with van der Waals surface area (Å²) in [6.45, 7) is 1.53. The van der Waals surface area contributed by atoms with E-state index in [4.69, 9.17) is 8.83 Å². The second-order valence-electron chi connectivity index (χ2n) is 4.26. The maximum Gasteiger partial charge on any atom is 0.283 e. The molecule has 0 radical (unpaired) electrons. The lowest BCUT2D eigenvalue weighted by Crippen LogP contribution is -2.28. The van der Waals surface area contributed by atoms with Crippen molar-refractivity contribution in [2.45, 2.75) is 13.0 Å². The van der Waals surface area contributed by atoms with Crippen LogP contribution < -0.4 is 0 Å². The molecule has 0 fully saturated rings. The van der Waals surface area contributed by atoms with Gasteiger partial charge in [0, 0.05) is 6.54 Å². The molecule has 0 saturated carbocycles. The molecule has 1 aliphatic rings. The maximum atomic E-state index is 13.1. The Morgan fingerprint density at radius 3 is 2.95 bits per heavy atom. The van der Waals surface area contributed by atoms with Crippen LogP contribution in [-0.4, -0.2) is 28.2 Å². The number of rotatable bonds is 3. The molecule has 100 valence electrons. The SMILES string of the molecule is FC1=CCCN(Cc2nnc(-c3ccc(Br)o3)o2)C1. The van der Waals surface area contributed by atoms with Crippen LogP contribution in [0.5, 0.6) is 0 Å². The molecule has 0 aromatic carbocycles. The van der Waals surface area contributed by atoms with Crippen molar-refractivity contribution in [2.75, 3.05) is 13.1 Å². The van der Waals surface area contributed by atoms with Gasteiger partial charge in [-0.05, 0) is 34.5 Å². The van der Waals surface area contributed by atoms with Crippen LogP contribution in [0.2, 0.25) is 0 Å². The Hall–Kier alpha value is -1.47. The van der Waals surface area contributed by atoms with Gasteiger partial charge in [0.2, 0.25) is 5.89 Å². The van der Waals surface area contributed by atoms with Crippen molar-refractivity contribution >= 4 is 15.9 Å². The molecule has 1 aliphatic heterocycles. The van der Waals surface area contributed by atoms with Gasteiger partial charge < -0.3 is 8.83 Å². The fourth-order valence-corrected chi connectivity index (χ4v) is 2.24. The third kappa shape index (κ3) is 2.93. The Bertz CT molecular complexity index is 608. The smallest absolute Gasteiger partial charge is 0.283 e. The quantitative estimate of drug-likeness (QED) is 0.866. The average molecular weight is 328 g/mol. The third-order valence-corrected chi connectivity index (χ3v) is 3.22. The minimum absolute atomic E-state index is 0.110. The molecule has 0 saturated heterocycles. The summed E-state index contributed by atoms with van der Waals surface area (Å²) < 4.78 is 24.6. The summed E-state index contributed by atoms with van der Waals surface area (Å²) in [7, 11) is 0. The highest BCUT2D eigenvalue weighted by atomic mass is 79.9. The molecule has 19 heavy (non-hydrogen) atoms. The zero-order valence-corrected chi connectivity index (χ0v) is 11.6. The first kappa shape index (κ1) is 12.6. The van der Waals surface area contributed by atoms with Gasteiger partial charge in [-0.25, -0.2) is 4.39 Å². The summed E-state index contributed by atoms with van der Waals surface area (Å²) in [6.07, 6.45) is 2.31. The predicted octanol–water partition coefficient (Wildman–Crippen LogP) is 3.15. The Morgan fingerprint density at radius 2 is 2.21 bits per heavy atom. The van der Waals surface area contributed by atoms with Crippen molar-refractivity contribution < 1.29 is 13.2 Å². The van der Waals surface area contributed by atoms with Gasteiger partial charge in [0.25, 0.3) is 5.89 Å². The summed E-state index contributed by atoms with van der Waals surface area (Å²) in [5, 5.41) is 7.86. The van der Waals surface area contributed by atoms with E-state index in [0.717, 1.165) is 6.54 Å². The molecule has 0 bridgehead atoms. The van der Waals surface area contributed by atoms with Crippen molar-refractivity contribution in [3.05, 3.63) is 34.6 Å². The summed E-state index contributed by atoms with van der Waals surface area (Å²) in [5.41, 5.74) is 0. The van der Waals surface area contributed by atoms with Crippen molar-refractivity contribution in [1.82, 2.24) is 15.1 Å². The summed E-state index contributed by atoms with van der Waals surface area (Å²) in [5.74, 6) is 1.18. The van der Waals surface area contributed by atoms with Gasteiger partial charge in [0.05, 0.1) is 13.1 Å². The van der Waals surface area contributed by atoms with E-state index in [2.05, 4.69) is 26.1 Å². The first-order chi connectivity index (χ1) is 9.20. The van der Waals surface area contributed by atoms with Gasteiger partial charge in [-0.3, -0.25) is 4.90 Å². The van der Waals surface area contributed by atoms with E-state index in [1.54, 1.807) is 18.2 Å². The van der Waals surface area contributed by atoms with Crippen molar-refractivity contribution in [1.29, 1.82) is 0 Å². The molecule has 0 N–H and O–H groups in total. The van der Waals surface area contributed by atoms with Crippen LogP contribution in [-0.2, 0) is 6.54 Å². The van der Waals surface area contributed by atoms with Crippen LogP contribution in [0.15, 0.2) is 37.5 Å². The number of nitrogens with zero attached hydrogens (tertiary/aromatic N) is 3. The van der Waals surface area contributed by atoms with Gasteiger partial charge in [0.1, 0.15) is 5.83 Å². The molecule has 2 aromatic heterocycles. The lowest BCUT2D eigenvalue weighted by atomic mass is 10.2. The summed E-state index contributed by atoms with van der Waals surface area (Å²) in [4.78, 5) is 1.92. The van der Waals surface area contributed by atoms with E-state index in [-0.39, 0.29) is 5.83 Å². The predicted molar refractivity (Wildman–Crippen MR) is 68.8 cm³/mol. The molecule has 0 atom stereocenters. The Labute approximate surface area is 117 Å². The Kier molecular flexibility index (Phi) is 3.48. The largest absolute Gasteiger partial charge is 0.444 e. The van der Waals surface area contributed by atoms with E-state index in [1.165, 1.54) is 0 Å². The number of hydrogen-bond acceptors (Lipinski definition) is 5. The second-order valence-corrected chi connectivity index (χ2v) is 5.04. The molecule has 3 heterocycles. The Morgan fingerprint density at radius 1 is 1.32 bits per heavy atom. The molecule has 0 amide bonds.